The van der Waals surface area contributed by atoms with Crippen LogP contribution in [0, 0.1) is 5.82 Å². The quantitative estimate of drug-likeness (QED) is 0.423. The van der Waals surface area contributed by atoms with Gasteiger partial charge in [0.15, 0.2) is 0 Å². The third-order valence-electron chi connectivity index (χ3n) is 4.34. The van der Waals surface area contributed by atoms with Gasteiger partial charge in [-0.2, -0.15) is 0 Å². The number of hydrogen-bond acceptors (Lipinski definition) is 5. The minimum atomic E-state index is -0.546. The molecule has 9 heteroatoms. The van der Waals surface area contributed by atoms with Crippen LogP contribution in [-0.2, 0) is 4.79 Å². The molecule has 166 valence electrons. The first-order valence-electron chi connectivity index (χ1n) is 9.41. The summed E-state index contributed by atoms with van der Waals surface area (Å²) in [5, 5.41) is 5.42. The van der Waals surface area contributed by atoms with Crippen molar-refractivity contribution in [3.63, 3.8) is 0 Å². The van der Waals surface area contributed by atoms with Gasteiger partial charge in [-0.25, -0.2) is 4.39 Å². The fourth-order valence-electron chi connectivity index (χ4n) is 2.82. The number of nitrogens with one attached hydrogen (secondary N) is 2. The van der Waals surface area contributed by atoms with Gasteiger partial charge in [0, 0.05) is 16.3 Å². The number of amides is 2. The molecular weight excluding hydrogens is 455 g/mol. The number of thioether (sulfide) groups is 1. The molecule has 2 N–H and O–H groups in total. The number of ether oxygens (including phenoxy) is 2. The van der Waals surface area contributed by atoms with Crippen molar-refractivity contribution in [1.29, 1.82) is 0 Å². The number of benzene rings is 3. The van der Waals surface area contributed by atoms with Gasteiger partial charge in [-0.3, -0.25) is 9.59 Å². The Labute approximate surface area is 194 Å². The zero-order valence-corrected chi connectivity index (χ0v) is 18.9. The molecule has 0 aromatic heterocycles. The minimum absolute atomic E-state index is 0.0566. The fourth-order valence-corrected chi connectivity index (χ4v) is 3.70. The predicted molar refractivity (Wildman–Crippen MR) is 125 cm³/mol. The normalized spacial score (nSPS) is 10.4. The first-order valence-corrected chi connectivity index (χ1v) is 10.8. The molecule has 3 aromatic carbocycles. The van der Waals surface area contributed by atoms with Crippen LogP contribution in [0.4, 0.5) is 15.8 Å². The minimum Gasteiger partial charge on any atom is -0.496 e. The highest BCUT2D eigenvalue weighted by atomic mass is 35.5. The largest absolute Gasteiger partial charge is 0.496 e. The zero-order valence-electron chi connectivity index (χ0n) is 17.3. The van der Waals surface area contributed by atoms with E-state index >= 15 is 0 Å². The SMILES string of the molecule is COc1cccc(OC)c1C(=O)Nc1ccc(SCC(=O)Nc2ccc(F)c(Cl)c2)cc1. The van der Waals surface area contributed by atoms with Gasteiger partial charge in [-0.15, -0.1) is 11.8 Å². The maximum Gasteiger partial charge on any atom is 0.263 e. The van der Waals surface area contributed by atoms with Crippen LogP contribution in [-0.4, -0.2) is 31.8 Å². The van der Waals surface area contributed by atoms with E-state index in [0.717, 1.165) is 4.90 Å². The topological polar surface area (TPSA) is 76.7 Å². The highest BCUT2D eigenvalue weighted by Crippen LogP contribution is 2.29. The van der Waals surface area contributed by atoms with Crippen molar-refractivity contribution in [2.75, 3.05) is 30.6 Å². The van der Waals surface area contributed by atoms with Gasteiger partial charge in [0.2, 0.25) is 5.91 Å². The molecule has 0 saturated heterocycles. The predicted octanol–water partition coefficient (Wildman–Crippen LogP) is 5.48. The Balaban J connectivity index is 1.58. The van der Waals surface area contributed by atoms with Crippen molar-refractivity contribution >= 4 is 46.6 Å². The highest BCUT2D eigenvalue weighted by Gasteiger charge is 2.18. The van der Waals surface area contributed by atoms with Crippen molar-refractivity contribution in [2.24, 2.45) is 0 Å². The summed E-state index contributed by atoms with van der Waals surface area (Å²) in [5.74, 6) is -0.199. The molecule has 0 bridgehead atoms. The zero-order chi connectivity index (χ0) is 23.1. The third-order valence-corrected chi connectivity index (χ3v) is 5.64. The smallest absolute Gasteiger partial charge is 0.263 e. The van der Waals surface area contributed by atoms with E-state index in [1.807, 2.05) is 0 Å². The average molecular weight is 475 g/mol. The summed E-state index contributed by atoms with van der Waals surface area (Å²) in [6.07, 6.45) is 0. The second-order valence-electron chi connectivity index (χ2n) is 6.48. The summed E-state index contributed by atoms with van der Waals surface area (Å²) in [7, 11) is 2.97. The van der Waals surface area contributed by atoms with Crippen molar-refractivity contribution < 1.29 is 23.5 Å². The van der Waals surface area contributed by atoms with E-state index in [1.165, 1.54) is 44.2 Å². The molecule has 32 heavy (non-hydrogen) atoms. The van der Waals surface area contributed by atoms with Gasteiger partial charge in [0.05, 0.1) is 25.0 Å². The van der Waals surface area contributed by atoms with Gasteiger partial charge in [0.25, 0.3) is 5.91 Å². The molecule has 3 aromatic rings. The molecule has 0 aliphatic heterocycles. The maximum absolute atomic E-state index is 13.2. The lowest BCUT2D eigenvalue weighted by atomic mass is 10.1. The fraction of sp³-hybridized carbons (Fsp3) is 0.130. The van der Waals surface area contributed by atoms with E-state index in [-0.39, 0.29) is 22.6 Å². The summed E-state index contributed by atoms with van der Waals surface area (Å²) in [6, 6.07) is 16.2. The molecule has 0 aliphatic rings. The Bertz CT molecular complexity index is 1100. The molecule has 0 atom stereocenters. The van der Waals surface area contributed by atoms with Crippen LogP contribution in [0.2, 0.25) is 5.02 Å². The Morgan fingerprint density at radius 2 is 1.56 bits per heavy atom. The standard InChI is InChI=1S/C23H20ClFN2O4S/c1-30-19-4-3-5-20(31-2)22(19)23(29)27-14-6-9-16(10-7-14)32-13-21(28)26-15-8-11-18(25)17(24)12-15/h3-12H,13H2,1-2H3,(H,26,28)(H,27,29). The summed E-state index contributed by atoms with van der Waals surface area (Å²) in [5.41, 5.74) is 1.30. The van der Waals surface area contributed by atoms with Gasteiger partial charge < -0.3 is 20.1 Å². The van der Waals surface area contributed by atoms with E-state index < -0.39 is 5.82 Å². The van der Waals surface area contributed by atoms with Crippen molar-refractivity contribution in [2.45, 2.75) is 4.90 Å². The molecule has 0 fully saturated rings. The van der Waals surface area contributed by atoms with Gasteiger partial charge in [-0.1, -0.05) is 17.7 Å². The molecule has 0 spiro atoms. The van der Waals surface area contributed by atoms with Crippen molar-refractivity contribution in [3.8, 4) is 11.5 Å². The Morgan fingerprint density at radius 1 is 0.938 bits per heavy atom. The summed E-state index contributed by atoms with van der Waals surface area (Å²) >= 11 is 7.04. The molecule has 0 radical (unpaired) electrons. The molecule has 0 saturated carbocycles. The molecule has 0 heterocycles. The second kappa shape index (κ2) is 10.9. The van der Waals surface area contributed by atoms with Gasteiger partial charge >= 0.3 is 0 Å². The summed E-state index contributed by atoms with van der Waals surface area (Å²) < 4.78 is 23.7. The van der Waals surface area contributed by atoms with Gasteiger partial charge in [0.1, 0.15) is 22.9 Å². The Kier molecular flexibility index (Phi) is 7.97. The number of anilines is 2. The molecule has 0 aliphatic carbocycles. The van der Waals surface area contributed by atoms with Crippen LogP contribution in [0.3, 0.4) is 0 Å². The van der Waals surface area contributed by atoms with Crippen LogP contribution >= 0.6 is 23.4 Å². The lowest BCUT2D eigenvalue weighted by molar-refractivity contribution is -0.113. The first-order chi connectivity index (χ1) is 15.4. The second-order valence-corrected chi connectivity index (χ2v) is 7.94. The molecule has 3 rings (SSSR count). The molecule has 0 unspecified atom stereocenters. The maximum atomic E-state index is 13.2. The molecule has 6 nitrogen and oxygen atoms in total. The van der Waals surface area contributed by atoms with Crippen LogP contribution in [0.25, 0.3) is 0 Å². The Morgan fingerprint density at radius 3 is 2.16 bits per heavy atom. The van der Waals surface area contributed by atoms with E-state index in [2.05, 4.69) is 10.6 Å². The van der Waals surface area contributed by atoms with Crippen LogP contribution < -0.4 is 20.1 Å². The van der Waals surface area contributed by atoms with E-state index in [0.29, 0.717) is 28.4 Å². The number of halogens is 2. The number of carbonyl (C=O) groups is 2. The molecular formula is C23H20ClFN2O4S. The summed E-state index contributed by atoms with van der Waals surface area (Å²) in [6.45, 7) is 0. The monoisotopic (exact) mass is 474 g/mol. The van der Waals surface area contributed by atoms with Crippen LogP contribution in [0.5, 0.6) is 11.5 Å². The van der Waals surface area contributed by atoms with Crippen molar-refractivity contribution in [3.05, 3.63) is 77.1 Å². The lowest BCUT2D eigenvalue weighted by Gasteiger charge is -2.13. The number of rotatable bonds is 8. The lowest BCUT2D eigenvalue weighted by Crippen LogP contribution is -2.14. The highest BCUT2D eigenvalue weighted by molar-refractivity contribution is 8.00. The van der Waals surface area contributed by atoms with Gasteiger partial charge in [-0.05, 0) is 54.6 Å². The van der Waals surface area contributed by atoms with Crippen LogP contribution in [0.15, 0.2) is 65.6 Å². The summed E-state index contributed by atoms with van der Waals surface area (Å²) in [4.78, 5) is 25.7. The van der Waals surface area contributed by atoms with Crippen molar-refractivity contribution in [1.82, 2.24) is 0 Å². The average Bonchev–Trinajstić information content (AvgIpc) is 2.80. The van der Waals surface area contributed by atoms with E-state index in [4.69, 9.17) is 21.1 Å². The van der Waals surface area contributed by atoms with Crippen LogP contribution in [0.1, 0.15) is 10.4 Å². The number of methoxy groups -OCH3 is 2. The van der Waals surface area contributed by atoms with E-state index in [9.17, 15) is 14.0 Å². The molecule has 2 amide bonds. The van der Waals surface area contributed by atoms with E-state index in [1.54, 1.807) is 42.5 Å². The number of hydrogen-bond donors (Lipinski definition) is 2. The first kappa shape index (κ1) is 23.4. The number of carbonyl (C=O) groups excluding carboxylic acids is 2. The Hall–Kier alpha value is -3.23. The third kappa shape index (κ3) is 5.93.